The SMILES string of the molecule is C=N/C(CCO)=C(\C=C/C)C(=O)N1CCSC[C@@H]1COc1cccc(O)c1C=O. The predicted octanol–water partition coefficient (Wildman–Crippen LogP) is 2.44. The van der Waals surface area contributed by atoms with E-state index in [9.17, 15) is 19.8 Å². The van der Waals surface area contributed by atoms with E-state index in [-0.39, 0.29) is 48.6 Å². The first-order chi connectivity index (χ1) is 14.1. The van der Waals surface area contributed by atoms with Crippen LogP contribution in [0, 0.1) is 0 Å². The Morgan fingerprint density at radius 3 is 2.93 bits per heavy atom. The van der Waals surface area contributed by atoms with E-state index in [4.69, 9.17) is 4.74 Å². The van der Waals surface area contributed by atoms with Gasteiger partial charge < -0.3 is 19.8 Å². The van der Waals surface area contributed by atoms with Crippen molar-refractivity contribution >= 4 is 30.7 Å². The molecule has 1 amide bonds. The summed E-state index contributed by atoms with van der Waals surface area (Å²) in [5.41, 5.74) is 0.938. The highest BCUT2D eigenvalue weighted by molar-refractivity contribution is 7.99. The lowest BCUT2D eigenvalue weighted by atomic mass is 10.1. The number of phenols is 1. The number of aliphatic imine (C=N–C) groups is 1. The van der Waals surface area contributed by atoms with Gasteiger partial charge in [-0.1, -0.05) is 18.2 Å². The molecule has 0 bridgehead atoms. The van der Waals surface area contributed by atoms with Crippen LogP contribution < -0.4 is 4.74 Å². The molecule has 1 aliphatic heterocycles. The Balaban J connectivity index is 2.24. The molecule has 1 saturated heterocycles. The number of hydrogen-bond acceptors (Lipinski definition) is 7. The van der Waals surface area contributed by atoms with E-state index in [0.717, 1.165) is 5.75 Å². The number of carbonyl (C=O) groups is 2. The van der Waals surface area contributed by atoms with Crippen molar-refractivity contribution in [3.05, 3.63) is 47.2 Å². The minimum absolute atomic E-state index is 0.0874. The van der Waals surface area contributed by atoms with Crippen molar-refractivity contribution in [3.8, 4) is 11.5 Å². The number of ether oxygens (including phenoxy) is 1. The summed E-state index contributed by atoms with van der Waals surface area (Å²) < 4.78 is 5.79. The quantitative estimate of drug-likeness (QED) is 0.277. The van der Waals surface area contributed by atoms with Gasteiger partial charge in [-0.05, 0) is 25.8 Å². The minimum Gasteiger partial charge on any atom is -0.507 e. The third kappa shape index (κ3) is 5.71. The third-order valence-electron chi connectivity index (χ3n) is 4.49. The second kappa shape index (κ2) is 11.4. The van der Waals surface area contributed by atoms with Gasteiger partial charge in [0.15, 0.2) is 6.29 Å². The number of rotatable bonds is 9. The van der Waals surface area contributed by atoms with E-state index < -0.39 is 0 Å². The lowest BCUT2D eigenvalue weighted by Gasteiger charge is -2.35. The first-order valence-electron chi connectivity index (χ1n) is 9.29. The average molecular weight is 419 g/mol. The van der Waals surface area contributed by atoms with Gasteiger partial charge in [-0.2, -0.15) is 11.8 Å². The maximum Gasteiger partial charge on any atom is 0.256 e. The smallest absolute Gasteiger partial charge is 0.256 e. The van der Waals surface area contributed by atoms with E-state index in [1.54, 1.807) is 40.9 Å². The summed E-state index contributed by atoms with van der Waals surface area (Å²) in [6, 6.07) is 4.41. The number of aliphatic hydroxyl groups excluding tert-OH is 1. The Labute approximate surface area is 174 Å². The largest absolute Gasteiger partial charge is 0.507 e. The summed E-state index contributed by atoms with van der Waals surface area (Å²) in [6.07, 6.45) is 4.22. The van der Waals surface area contributed by atoms with Crippen LogP contribution in [-0.4, -0.2) is 71.3 Å². The van der Waals surface area contributed by atoms with Gasteiger partial charge in [0.25, 0.3) is 5.91 Å². The van der Waals surface area contributed by atoms with Gasteiger partial charge >= 0.3 is 0 Å². The number of benzene rings is 1. The summed E-state index contributed by atoms with van der Waals surface area (Å²) in [5.74, 6) is 1.42. The molecule has 2 rings (SSSR count). The first kappa shape index (κ1) is 22.7. The molecule has 1 aromatic rings. The fourth-order valence-electron chi connectivity index (χ4n) is 3.04. The molecule has 0 saturated carbocycles. The van der Waals surface area contributed by atoms with Gasteiger partial charge in [-0.3, -0.25) is 14.6 Å². The molecule has 1 atom stereocenters. The Morgan fingerprint density at radius 1 is 1.48 bits per heavy atom. The number of aromatic hydroxyl groups is 1. The Bertz CT molecular complexity index is 806. The molecular weight excluding hydrogens is 392 g/mol. The fraction of sp³-hybridized carbons (Fsp3) is 0.381. The summed E-state index contributed by atoms with van der Waals surface area (Å²) in [6.45, 7) is 5.93. The zero-order valence-electron chi connectivity index (χ0n) is 16.4. The number of amides is 1. The number of carbonyl (C=O) groups excluding carboxylic acids is 2. The van der Waals surface area contributed by atoms with Crippen molar-refractivity contribution in [1.82, 2.24) is 4.90 Å². The van der Waals surface area contributed by atoms with Crippen molar-refractivity contribution in [3.63, 3.8) is 0 Å². The van der Waals surface area contributed by atoms with Gasteiger partial charge in [0.1, 0.15) is 18.1 Å². The molecule has 7 nitrogen and oxygen atoms in total. The van der Waals surface area contributed by atoms with Crippen LogP contribution in [-0.2, 0) is 4.79 Å². The molecule has 8 heteroatoms. The fourth-order valence-corrected chi connectivity index (χ4v) is 4.08. The number of hydrogen-bond donors (Lipinski definition) is 2. The van der Waals surface area contributed by atoms with Crippen LogP contribution in [0.5, 0.6) is 11.5 Å². The summed E-state index contributed by atoms with van der Waals surface area (Å²) in [4.78, 5) is 30.2. The Morgan fingerprint density at radius 2 is 2.28 bits per heavy atom. The molecule has 156 valence electrons. The van der Waals surface area contributed by atoms with Crippen molar-refractivity contribution in [1.29, 1.82) is 0 Å². The van der Waals surface area contributed by atoms with Crippen LogP contribution in [0.25, 0.3) is 0 Å². The lowest BCUT2D eigenvalue weighted by Crippen LogP contribution is -2.49. The topological polar surface area (TPSA) is 99.4 Å². The van der Waals surface area contributed by atoms with Crippen molar-refractivity contribution in [2.24, 2.45) is 4.99 Å². The van der Waals surface area contributed by atoms with Gasteiger partial charge in [0.05, 0.1) is 22.9 Å². The summed E-state index contributed by atoms with van der Waals surface area (Å²) in [7, 11) is 0. The zero-order valence-corrected chi connectivity index (χ0v) is 17.2. The van der Waals surface area contributed by atoms with Crippen molar-refractivity contribution in [2.75, 3.05) is 31.3 Å². The third-order valence-corrected chi connectivity index (χ3v) is 5.59. The summed E-state index contributed by atoms with van der Waals surface area (Å²) in [5, 5.41) is 19.1. The normalized spacial score (nSPS) is 17.7. The zero-order chi connectivity index (χ0) is 21.2. The highest BCUT2D eigenvalue weighted by Crippen LogP contribution is 2.27. The standard InChI is InChI=1S/C21H26N2O5S/c1-3-5-16(18(22-2)8-10-24)21(27)23-9-11-29-14-15(23)13-28-20-7-4-6-19(26)17(20)12-25/h3-7,12,15,24,26H,2,8-11,13-14H2,1H3/b5-3-,18-16+/t15-/m0/s1. The molecule has 0 spiro atoms. The summed E-state index contributed by atoms with van der Waals surface area (Å²) >= 11 is 1.72. The van der Waals surface area contributed by atoms with Gasteiger partial charge in [0.2, 0.25) is 0 Å². The van der Waals surface area contributed by atoms with E-state index >= 15 is 0 Å². The maximum atomic E-state index is 13.2. The second-order valence-electron chi connectivity index (χ2n) is 6.34. The van der Waals surface area contributed by atoms with Crippen LogP contribution in [0.4, 0.5) is 0 Å². The number of phenolic OH excluding ortho intramolecular Hbond substituents is 1. The average Bonchev–Trinajstić information content (AvgIpc) is 2.74. The first-order valence-corrected chi connectivity index (χ1v) is 10.4. The van der Waals surface area contributed by atoms with Crippen molar-refractivity contribution < 1.29 is 24.5 Å². The van der Waals surface area contributed by atoms with E-state index in [1.165, 1.54) is 6.07 Å². The van der Waals surface area contributed by atoms with Crippen molar-refractivity contribution in [2.45, 2.75) is 19.4 Å². The van der Waals surface area contributed by atoms with Gasteiger partial charge in [0, 0.05) is 31.1 Å². The van der Waals surface area contributed by atoms with Gasteiger partial charge in [-0.15, -0.1) is 0 Å². The predicted molar refractivity (Wildman–Crippen MR) is 115 cm³/mol. The molecule has 0 aliphatic carbocycles. The Hall–Kier alpha value is -2.58. The highest BCUT2D eigenvalue weighted by Gasteiger charge is 2.30. The number of aldehydes is 1. The van der Waals surface area contributed by atoms with Crippen LogP contribution in [0.3, 0.4) is 0 Å². The number of thioether (sulfide) groups is 1. The minimum atomic E-state index is -0.219. The number of nitrogens with zero attached hydrogens (tertiary/aromatic N) is 2. The lowest BCUT2D eigenvalue weighted by molar-refractivity contribution is -0.129. The van der Waals surface area contributed by atoms with Gasteiger partial charge in [-0.25, -0.2) is 0 Å². The highest BCUT2D eigenvalue weighted by atomic mass is 32.2. The van der Waals surface area contributed by atoms with E-state index in [0.29, 0.717) is 29.9 Å². The van der Waals surface area contributed by atoms with Crippen LogP contribution in [0.2, 0.25) is 0 Å². The molecule has 0 unspecified atom stereocenters. The van der Waals surface area contributed by atoms with Crippen LogP contribution in [0.1, 0.15) is 23.7 Å². The molecule has 1 aliphatic rings. The maximum absolute atomic E-state index is 13.2. The Kier molecular flexibility index (Phi) is 8.95. The molecular formula is C21H26N2O5S. The molecule has 0 aromatic heterocycles. The van der Waals surface area contributed by atoms with Crippen LogP contribution >= 0.6 is 11.8 Å². The number of aliphatic hydroxyl groups is 1. The van der Waals surface area contributed by atoms with Crippen LogP contribution in [0.15, 0.2) is 46.6 Å². The number of allylic oxidation sites excluding steroid dienone is 1. The molecule has 29 heavy (non-hydrogen) atoms. The van der Waals surface area contributed by atoms with E-state index in [2.05, 4.69) is 11.7 Å². The molecule has 1 heterocycles. The molecule has 1 aromatic carbocycles. The molecule has 1 fully saturated rings. The monoisotopic (exact) mass is 418 g/mol. The molecule has 2 N–H and O–H groups in total. The van der Waals surface area contributed by atoms with E-state index in [1.807, 2.05) is 6.92 Å². The molecule has 0 radical (unpaired) electrons. The second-order valence-corrected chi connectivity index (χ2v) is 7.49.